The van der Waals surface area contributed by atoms with Crippen molar-refractivity contribution in [1.82, 2.24) is 19.4 Å². The van der Waals surface area contributed by atoms with Crippen LogP contribution < -0.4 is 4.90 Å². The van der Waals surface area contributed by atoms with Gasteiger partial charge in [0.05, 0.1) is 0 Å². The van der Waals surface area contributed by atoms with Gasteiger partial charge < -0.3 is 18.8 Å². The standard InChI is InChI=1S/C18H18BrN5O2/c1-13-20-16(22-6-2-3-7-22)12-17(21-13)23-8-10-24(11-9-23)18(25)14-4-5-15(19)26-14/h2-7,12H,8-11H2,1H3. The molecule has 4 rings (SSSR count). The van der Waals surface area contributed by atoms with E-state index in [1.54, 1.807) is 12.1 Å². The number of furan rings is 1. The molecule has 0 atom stereocenters. The normalized spacial score (nSPS) is 14.7. The van der Waals surface area contributed by atoms with Gasteiger partial charge in [0, 0.05) is 44.6 Å². The maximum Gasteiger partial charge on any atom is 0.289 e. The summed E-state index contributed by atoms with van der Waals surface area (Å²) < 4.78 is 7.90. The molecule has 0 saturated carbocycles. The first-order valence-corrected chi connectivity index (χ1v) is 9.18. The first-order chi connectivity index (χ1) is 12.6. The third-order valence-electron chi connectivity index (χ3n) is 4.35. The van der Waals surface area contributed by atoms with Crippen molar-refractivity contribution >= 4 is 27.7 Å². The number of amides is 1. The van der Waals surface area contributed by atoms with Crippen LogP contribution in [0.15, 0.2) is 51.8 Å². The zero-order chi connectivity index (χ0) is 18.1. The Hall–Kier alpha value is -2.61. The summed E-state index contributed by atoms with van der Waals surface area (Å²) in [4.78, 5) is 25.5. The van der Waals surface area contributed by atoms with Crippen molar-refractivity contribution in [3.05, 3.63) is 59.0 Å². The van der Waals surface area contributed by atoms with Crippen LogP contribution in [0.3, 0.4) is 0 Å². The molecule has 1 aliphatic heterocycles. The number of carbonyl (C=O) groups is 1. The van der Waals surface area contributed by atoms with E-state index in [1.807, 2.05) is 47.0 Å². The molecule has 0 aromatic carbocycles. The summed E-state index contributed by atoms with van der Waals surface area (Å²) in [5, 5.41) is 0. The molecule has 0 bridgehead atoms. The minimum atomic E-state index is -0.0813. The van der Waals surface area contributed by atoms with Crippen LogP contribution in [0.5, 0.6) is 0 Å². The molecule has 1 saturated heterocycles. The van der Waals surface area contributed by atoms with E-state index in [9.17, 15) is 4.79 Å². The monoisotopic (exact) mass is 415 g/mol. The van der Waals surface area contributed by atoms with Gasteiger partial charge in [-0.1, -0.05) is 0 Å². The molecule has 3 aromatic rings. The summed E-state index contributed by atoms with van der Waals surface area (Å²) in [5.41, 5.74) is 0. The number of aryl methyl sites for hydroxylation is 1. The Balaban J connectivity index is 1.47. The number of rotatable bonds is 3. The molecule has 1 fully saturated rings. The summed E-state index contributed by atoms with van der Waals surface area (Å²) in [6.07, 6.45) is 3.92. The average molecular weight is 416 g/mol. The zero-order valence-electron chi connectivity index (χ0n) is 14.3. The number of anilines is 1. The zero-order valence-corrected chi connectivity index (χ0v) is 15.9. The number of nitrogens with zero attached hydrogens (tertiary/aromatic N) is 5. The van der Waals surface area contributed by atoms with Gasteiger partial charge in [-0.3, -0.25) is 4.79 Å². The fraction of sp³-hybridized carbons (Fsp3) is 0.278. The lowest BCUT2D eigenvalue weighted by atomic mass is 10.2. The molecular formula is C18H18BrN5O2. The highest BCUT2D eigenvalue weighted by atomic mass is 79.9. The number of aromatic nitrogens is 3. The molecule has 0 unspecified atom stereocenters. The Labute approximate surface area is 159 Å². The third-order valence-corrected chi connectivity index (χ3v) is 4.78. The maximum absolute atomic E-state index is 12.5. The summed E-state index contributed by atoms with van der Waals surface area (Å²) in [5.74, 6) is 2.73. The minimum Gasteiger partial charge on any atom is -0.444 e. The van der Waals surface area contributed by atoms with Crippen molar-refractivity contribution in [3.8, 4) is 5.82 Å². The lowest BCUT2D eigenvalue weighted by Gasteiger charge is -2.35. The van der Waals surface area contributed by atoms with Crippen molar-refractivity contribution in [2.75, 3.05) is 31.1 Å². The number of carbonyl (C=O) groups excluding carboxylic acids is 1. The van der Waals surface area contributed by atoms with Crippen LogP contribution in [0.1, 0.15) is 16.4 Å². The van der Waals surface area contributed by atoms with Crippen molar-refractivity contribution in [3.63, 3.8) is 0 Å². The molecule has 8 heteroatoms. The fourth-order valence-corrected chi connectivity index (χ4v) is 3.35. The molecule has 134 valence electrons. The van der Waals surface area contributed by atoms with Crippen LogP contribution in [0, 0.1) is 6.92 Å². The average Bonchev–Trinajstić information content (AvgIpc) is 3.32. The lowest BCUT2D eigenvalue weighted by molar-refractivity contribution is 0.0713. The van der Waals surface area contributed by atoms with E-state index < -0.39 is 0 Å². The number of piperazine rings is 1. The van der Waals surface area contributed by atoms with Crippen LogP contribution in [-0.4, -0.2) is 51.5 Å². The summed E-state index contributed by atoms with van der Waals surface area (Å²) in [7, 11) is 0. The highest BCUT2D eigenvalue weighted by molar-refractivity contribution is 9.10. The molecule has 4 heterocycles. The Morgan fingerprint density at radius 1 is 1.08 bits per heavy atom. The molecular weight excluding hydrogens is 398 g/mol. The molecule has 3 aromatic heterocycles. The molecule has 26 heavy (non-hydrogen) atoms. The van der Waals surface area contributed by atoms with Crippen LogP contribution in [0.4, 0.5) is 5.82 Å². The summed E-state index contributed by atoms with van der Waals surface area (Å²) >= 11 is 3.23. The van der Waals surface area contributed by atoms with Crippen molar-refractivity contribution < 1.29 is 9.21 Å². The van der Waals surface area contributed by atoms with E-state index in [0.717, 1.165) is 30.5 Å². The fourth-order valence-electron chi connectivity index (χ4n) is 3.04. The van der Waals surface area contributed by atoms with Gasteiger partial charge in [-0.2, -0.15) is 0 Å². The van der Waals surface area contributed by atoms with E-state index in [4.69, 9.17) is 4.42 Å². The predicted octanol–water partition coefficient (Wildman–Crippen LogP) is 2.89. The minimum absolute atomic E-state index is 0.0813. The second kappa shape index (κ2) is 6.95. The van der Waals surface area contributed by atoms with Gasteiger partial charge in [-0.15, -0.1) is 0 Å². The van der Waals surface area contributed by atoms with Crippen LogP contribution in [0.2, 0.25) is 0 Å². The van der Waals surface area contributed by atoms with E-state index in [2.05, 4.69) is 30.8 Å². The first-order valence-electron chi connectivity index (χ1n) is 8.39. The van der Waals surface area contributed by atoms with Crippen LogP contribution in [-0.2, 0) is 0 Å². The molecule has 1 aliphatic rings. The largest absolute Gasteiger partial charge is 0.444 e. The van der Waals surface area contributed by atoms with Crippen LogP contribution in [0.25, 0.3) is 5.82 Å². The second-order valence-corrected chi connectivity index (χ2v) is 6.89. The molecule has 7 nitrogen and oxygen atoms in total. The Bertz CT molecular complexity index is 914. The quantitative estimate of drug-likeness (QED) is 0.657. The number of hydrogen-bond acceptors (Lipinski definition) is 5. The smallest absolute Gasteiger partial charge is 0.289 e. The number of hydrogen-bond donors (Lipinski definition) is 0. The van der Waals surface area contributed by atoms with Gasteiger partial charge in [0.1, 0.15) is 17.5 Å². The van der Waals surface area contributed by atoms with Gasteiger partial charge in [-0.05, 0) is 47.1 Å². The summed E-state index contributed by atoms with van der Waals surface area (Å²) in [6, 6.07) is 9.34. The van der Waals surface area contributed by atoms with E-state index in [-0.39, 0.29) is 5.91 Å². The van der Waals surface area contributed by atoms with Crippen molar-refractivity contribution in [2.24, 2.45) is 0 Å². The number of halogens is 1. The summed E-state index contributed by atoms with van der Waals surface area (Å²) in [6.45, 7) is 4.58. The highest BCUT2D eigenvalue weighted by Crippen LogP contribution is 2.20. The van der Waals surface area contributed by atoms with Gasteiger partial charge in [-0.25, -0.2) is 9.97 Å². The second-order valence-electron chi connectivity index (χ2n) is 6.10. The van der Waals surface area contributed by atoms with E-state index in [0.29, 0.717) is 23.5 Å². The van der Waals surface area contributed by atoms with Gasteiger partial charge in [0.15, 0.2) is 10.4 Å². The molecule has 0 aliphatic carbocycles. The Morgan fingerprint density at radius 2 is 1.77 bits per heavy atom. The molecule has 1 amide bonds. The van der Waals surface area contributed by atoms with Crippen molar-refractivity contribution in [1.29, 1.82) is 0 Å². The molecule has 0 spiro atoms. The molecule has 0 radical (unpaired) electrons. The Morgan fingerprint density at radius 3 is 2.42 bits per heavy atom. The van der Waals surface area contributed by atoms with Gasteiger partial charge in [0.25, 0.3) is 5.91 Å². The highest BCUT2D eigenvalue weighted by Gasteiger charge is 2.25. The van der Waals surface area contributed by atoms with E-state index >= 15 is 0 Å². The first kappa shape index (κ1) is 16.8. The lowest BCUT2D eigenvalue weighted by Crippen LogP contribution is -2.49. The topological polar surface area (TPSA) is 67.4 Å². The SMILES string of the molecule is Cc1nc(N2CCN(C(=O)c3ccc(Br)o3)CC2)cc(-n2cccc2)n1. The maximum atomic E-state index is 12.5. The Kier molecular flexibility index (Phi) is 4.50. The van der Waals surface area contributed by atoms with Gasteiger partial charge in [0.2, 0.25) is 0 Å². The third kappa shape index (κ3) is 3.37. The van der Waals surface area contributed by atoms with E-state index in [1.165, 1.54) is 0 Å². The van der Waals surface area contributed by atoms with Gasteiger partial charge >= 0.3 is 0 Å². The van der Waals surface area contributed by atoms with Crippen LogP contribution >= 0.6 is 15.9 Å². The predicted molar refractivity (Wildman–Crippen MR) is 101 cm³/mol. The van der Waals surface area contributed by atoms with Crippen molar-refractivity contribution in [2.45, 2.75) is 6.92 Å². The molecule has 0 N–H and O–H groups in total.